The average molecular weight is 306 g/mol. The van der Waals surface area contributed by atoms with Crippen molar-refractivity contribution in [3.63, 3.8) is 0 Å². The maximum atomic E-state index is 6.65. The average Bonchev–Trinajstić information content (AvgIpc) is 2.55. The molecule has 0 saturated heterocycles. The van der Waals surface area contributed by atoms with Gasteiger partial charge in [0.2, 0.25) is 0 Å². The Morgan fingerprint density at radius 2 is 1.48 bits per heavy atom. The van der Waals surface area contributed by atoms with E-state index in [0.717, 1.165) is 24.5 Å². The lowest BCUT2D eigenvalue weighted by atomic mass is 9.65. The van der Waals surface area contributed by atoms with Crippen LogP contribution in [0.5, 0.6) is 5.75 Å². The van der Waals surface area contributed by atoms with E-state index in [1.807, 2.05) is 0 Å². The molecule has 2 aromatic carbocycles. The molecule has 0 radical (unpaired) electrons. The predicted octanol–water partition coefficient (Wildman–Crippen LogP) is 6.18. The number of hydrogen-bond acceptors (Lipinski definition) is 1. The lowest BCUT2D eigenvalue weighted by molar-refractivity contribution is -0.00933. The van der Waals surface area contributed by atoms with Crippen LogP contribution in [0.2, 0.25) is 0 Å². The molecule has 1 heterocycles. The van der Waals surface area contributed by atoms with Crippen molar-refractivity contribution in [2.75, 3.05) is 0 Å². The van der Waals surface area contributed by atoms with Crippen LogP contribution in [0.25, 0.3) is 11.1 Å². The molecule has 1 saturated carbocycles. The zero-order valence-corrected chi connectivity index (χ0v) is 14.4. The molecular weight excluding hydrogens is 280 g/mol. The molecule has 0 amide bonds. The summed E-state index contributed by atoms with van der Waals surface area (Å²) in [4.78, 5) is 0. The molecule has 0 bridgehead atoms. The van der Waals surface area contributed by atoms with E-state index in [9.17, 15) is 0 Å². The Morgan fingerprint density at radius 3 is 2.17 bits per heavy atom. The van der Waals surface area contributed by atoms with E-state index < -0.39 is 0 Å². The zero-order valence-electron chi connectivity index (χ0n) is 14.4. The second kappa shape index (κ2) is 5.12. The van der Waals surface area contributed by atoms with Gasteiger partial charge in [-0.1, -0.05) is 63.2 Å². The zero-order chi connectivity index (χ0) is 16.1. The van der Waals surface area contributed by atoms with E-state index in [1.165, 1.54) is 29.5 Å². The molecule has 23 heavy (non-hydrogen) atoms. The van der Waals surface area contributed by atoms with E-state index >= 15 is 0 Å². The van der Waals surface area contributed by atoms with Gasteiger partial charge in [-0.25, -0.2) is 0 Å². The quantitative estimate of drug-likeness (QED) is 0.565. The number of fused-ring (bicyclic) bond motifs is 4. The smallest absolute Gasteiger partial charge is 0.135 e. The summed E-state index contributed by atoms with van der Waals surface area (Å²) in [6.45, 7) is 7.13. The van der Waals surface area contributed by atoms with Crippen molar-refractivity contribution in [2.24, 2.45) is 11.3 Å². The van der Waals surface area contributed by atoms with E-state index in [4.69, 9.17) is 4.74 Å². The van der Waals surface area contributed by atoms with Crippen LogP contribution in [0.4, 0.5) is 0 Å². The SMILES string of the molecule is CC(C)(C)C1CCC2(CC1)Oc1ccccc1-c1ccccc12. The summed E-state index contributed by atoms with van der Waals surface area (Å²) in [5.41, 5.74) is 4.28. The molecule has 0 aromatic heterocycles. The van der Waals surface area contributed by atoms with Crippen LogP contribution in [0.15, 0.2) is 48.5 Å². The first-order valence-electron chi connectivity index (χ1n) is 8.88. The maximum Gasteiger partial charge on any atom is 0.135 e. The van der Waals surface area contributed by atoms with Gasteiger partial charge < -0.3 is 4.74 Å². The Balaban J connectivity index is 1.75. The van der Waals surface area contributed by atoms with Gasteiger partial charge in [0.1, 0.15) is 11.4 Å². The van der Waals surface area contributed by atoms with Gasteiger partial charge in [0, 0.05) is 11.1 Å². The lowest BCUT2D eigenvalue weighted by Gasteiger charge is -2.47. The number of hydrogen-bond donors (Lipinski definition) is 0. The molecule has 2 aromatic rings. The highest BCUT2D eigenvalue weighted by Gasteiger charge is 2.45. The summed E-state index contributed by atoms with van der Waals surface area (Å²) in [6.07, 6.45) is 4.75. The van der Waals surface area contributed by atoms with Crippen molar-refractivity contribution >= 4 is 0 Å². The minimum absolute atomic E-state index is 0.118. The van der Waals surface area contributed by atoms with Crippen molar-refractivity contribution in [1.82, 2.24) is 0 Å². The number of para-hydroxylation sites is 1. The Hall–Kier alpha value is -1.76. The van der Waals surface area contributed by atoms with Crippen LogP contribution >= 0.6 is 0 Å². The van der Waals surface area contributed by atoms with Gasteiger partial charge in [-0.2, -0.15) is 0 Å². The minimum Gasteiger partial charge on any atom is -0.482 e. The normalized spacial score (nSPS) is 26.3. The van der Waals surface area contributed by atoms with Crippen molar-refractivity contribution in [3.05, 3.63) is 54.1 Å². The summed E-state index contributed by atoms with van der Waals surface area (Å²) in [6, 6.07) is 17.3. The van der Waals surface area contributed by atoms with Crippen LogP contribution in [0, 0.1) is 11.3 Å². The number of benzene rings is 2. The Labute approximate surface area is 139 Å². The molecular formula is C22H26O. The maximum absolute atomic E-state index is 6.65. The van der Waals surface area contributed by atoms with Gasteiger partial charge in [0.25, 0.3) is 0 Å². The fourth-order valence-corrected chi connectivity index (χ4v) is 4.48. The Morgan fingerprint density at radius 1 is 0.870 bits per heavy atom. The van der Waals surface area contributed by atoms with E-state index in [2.05, 4.69) is 69.3 Å². The van der Waals surface area contributed by atoms with Gasteiger partial charge in [-0.3, -0.25) is 0 Å². The molecule has 1 nitrogen and oxygen atoms in total. The summed E-state index contributed by atoms with van der Waals surface area (Å²) >= 11 is 0. The van der Waals surface area contributed by atoms with Crippen molar-refractivity contribution < 1.29 is 4.74 Å². The molecule has 0 atom stereocenters. The van der Waals surface area contributed by atoms with Gasteiger partial charge in [0.05, 0.1) is 0 Å². The summed E-state index contributed by atoms with van der Waals surface area (Å²) < 4.78 is 6.65. The highest BCUT2D eigenvalue weighted by Crippen LogP contribution is 2.53. The van der Waals surface area contributed by atoms with Gasteiger partial charge in [0.15, 0.2) is 0 Å². The molecule has 1 fully saturated rings. The lowest BCUT2D eigenvalue weighted by Crippen LogP contribution is -2.41. The molecule has 1 aliphatic carbocycles. The Bertz CT molecular complexity index is 715. The monoisotopic (exact) mass is 306 g/mol. The molecule has 1 aliphatic heterocycles. The van der Waals surface area contributed by atoms with Gasteiger partial charge in [-0.15, -0.1) is 0 Å². The fraction of sp³-hybridized carbons (Fsp3) is 0.455. The van der Waals surface area contributed by atoms with Crippen LogP contribution in [0.1, 0.15) is 52.0 Å². The van der Waals surface area contributed by atoms with Crippen LogP contribution in [-0.2, 0) is 5.60 Å². The fourth-order valence-electron chi connectivity index (χ4n) is 4.48. The van der Waals surface area contributed by atoms with E-state index in [-0.39, 0.29) is 5.60 Å². The predicted molar refractivity (Wildman–Crippen MR) is 95.6 cm³/mol. The highest BCUT2D eigenvalue weighted by atomic mass is 16.5. The highest BCUT2D eigenvalue weighted by molar-refractivity contribution is 5.76. The summed E-state index contributed by atoms with van der Waals surface area (Å²) in [7, 11) is 0. The third-order valence-electron chi connectivity index (χ3n) is 5.92. The standard InChI is InChI=1S/C22H26O/c1-21(2,3)16-12-14-22(15-13-16)19-10-6-4-8-17(19)18-9-5-7-11-20(18)23-22/h4-11,16H,12-15H2,1-3H3. The van der Waals surface area contributed by atoms with Crippen molar-refractivity contribution in [3.8, 4) is 16.9 Å². The minimum atomic E-state index is -0.118. The van der Waals surface area contributed by atoms with Crippen molar-refractivity contribution in [2.45, 2.75) is 52.1 Å². The first-order valence-corrected chi connectivity index (χ1v) is 8.88. The topological polar surface area (TPSA) is 9.23 Å². The number of rotatable bonds is 0. The number of ether oxygens (including phenoxy) is 1. The second-order valence-electron chi connectivity index (χ2n) is 8.28. The largest absolute Gasteiger partial charge is 0.482 e. The molecule has 1 spiro atoms. The van der Waals surface area contributed by atoms with Gasteiger partial charge >= 0.3 is 0 Å². The summed E-state index contributed by atoms with van der Waals surface area (Å²) in [5, 5.41) is 0. The molecule has 1 heteroatoms. The molecule has 2 aliphatic rings. The second-order valence-corrected chi connectivity index (χ2v) is 8.28. The van der Waals surface area contributed by atoms with Crippen LogP contribution < -0.4 is 4.74 Å². The van der Waals surface area contributed by atoms with E-state index in [0.29, 0.717) is 5.41 Å². The Kier molecular flexibility index (Phi) is 3.30. The third-order valence-corrected chi connectivity index (χ3v) is 5.92. The van der Waals surface area contributed by atoms with Crippen molar-refractivity contribution in [1.29, 1.82) is 0 Å². The third kappa shape index (κ3) is 2.38. The molecule has 0 unspecified atom stereocenters. The first kappa shape index (κ1) is 14.8. The first-order chi connectivity index (χ1) is 11.0. The van der Waals surface area contributed by atoms with E-state index in [1.54, 1.807) is 0 Å². The van der Waals surface area contributed by atoms with Crippen LogP contribution in [0.3, 0.4) is 0 Å². The summed E-state index contributed by atoms with van der Waals surface area (Å²) in [5.74, 6) is 1.85. The molecule has 4 rings (SSSR count). The molecule has 120 valence electrons. The van der Waals surface area contributed by atoms with Gasteiger partial charge in [-0.05, 0) is 48.6 Å². The molecule has 0 N–H and O–H groups in total. The van der Waals surface area contributed by atoms with Crippen LogP contribution in [-0.4, -0.2) is 0 Å².